The molecule has 21 heavy (non-hydrogen) atoms. The monoisotopic (exact) mass is 353 g/mol. The Kier molecular flexibility index (Phi) is 9.75. The van der Waals surface area contributed by atoms with E-state index in [9.17, 15) is 0 Å². The molecule has 0 saturated carbocycles. The number of aliphatic imine (C=N–C) groups is 1. The molecule has 0 aliphatic heterocycles. The molecule has 1 aromatic heterocycles. The van der Waals surface area contributed by atoms with Crippen molar-refractivity contribution in [3.8, 4) is 0 Å². The van der Waals surface area contributed by atoms with Gasteiger partial charge in [-0.15, -0.1) is 0 Å². The number of amidine groups is 1. The fraction of sp³-hybridized carbons (Fsp3) is 0.562. The summed E-state index contributed by atoms with van der Waals surface area (Å²) in [6, 6.07) is 5.78. The van der Waals surface area contributed by atoms with E-state index in [0.29, 0.717) is 0 Å². The van der Waals surface area contributed by atoms with Crippen LogP contribution in [0.2, 0.25) is 0 Å². The summed E-state index contributed by atoms with van der Waals surface area (Å²) in [5.41, 5.74) is 4.65. The van der Waals surface area contributed by atoms with E-state index in [-0.39, 0.29) is 0 Å². The molecule has 0 atom stereocenters. The summed E-state index contributed by atoms with van der Waals surface area (Å²) in [4.78, 5) is 8.68. The van der Waals surface area contributed by atoms with Crippen molar-refractivity contribution in [1.82, 2.24) is 10.4 Å². The van der Waals surface area contributed by atoms with Crippen LogP contribution in [0.5, 0.6) is 0 Å². The zero-order valence-electron chi connectivity index (χ0n) is 13.0. The van der Waals surface area contributed by atoms with Crippen LogP contribution in [0.15, 0.2) is 34.5 Å². The Morgan fingerprint density at radius 2 is 1.95 bits per heavy atom. The van der Waals surface area contributed by atoms with Crippen molar-refractivity contribution < 1.29 is 0 Å². The van der Waals surface area contributed by atoms with Crippen molar-refractivity contribution in [2.75, 3.05) is 6.54 Å². The van der Waals surface area contributed by atoms with Crippen LogP contribution in [0, 0.1) is 0 Å². The number of nitrogens with one attached hydrogen (secondary N) is 1. The van der Waals surface area contributed by atoms with Gasteiger partial charge in [-0.2, -0.15) is 0 Å². The molecule has 1 radical (unpaired) electrons. The van der Waals surface area contributed by atoms with Crippen LogP contribution in [0.25, 0.3) is 0 Å². The van der Waals surface area contributed by atoms with Crippen molar-refractivity contribution in [1.29, 1.82) is 0 Å². The summed E-state index contributed by atoms with van der Waals surface area (Å²) in [5, 5.41) is 4.28. The Hall–Kier alpha value is -1.19. The molecule has 0 unspecified atom stereocenters. The molecular weight excluding hydrogens is 327 g/mol. The van der Waals surface area contributed by atoms with Gasteiger partial charge in [0.25, 0.3) is 0 Å². The third kappa shape index (κ3) is 8.63. The molecule has 0 fully saturated rings. The first kappa shape index (κ1) is 17.9. The summed E-state index contributed by atoms with van der Waals surface area (Å²) in [6.07, 6.45) is 9.46. The molecule has 0 spiro atoms. The average molecular weight is 352 g/mol. The van der Waals surface area contributed by atoms with Crippen LogP contribution in [0.3, 0.4) is 0 Å². The van der Waals surface area contributed by atoms with Gasteiger partial charge in [-0.1, -0.05) is 0 Å². The van der Waals surface area contributed by atoms with Gasteiger partial charge in [0, 0.05) is 0 Å². The molecule has 0 aliphatic carbocycles. The van der Waals surface area contributed by atoms with Crippen molar-refractivity contribution in [2.45, 2.75) is 52.4 Å². The first-order valence-corrected chi connectivity index (χ1v) is 8.53. The molecular formula is C16H25N4Se. The van der Waals surface area contributed by atoms with Gasteiger partial charge in [0.1, 0.15) is 0 Å². The molecule has 4 nitrogen and oxygen atoms in total. The van der Waals surface area contributed by atoms with E-state index in [2.05, 4.69) is 43.4 Å². The minimum atomic E-state index is 0.735. The predicted octanol–water partition coefficient (Wildman–Crippen LogP) is 3.28. The van der Waals surface area contributed by atoms with Crippen LogP contribution >= 0.6 is 0 Å². The summed E-state index contributed by atoms with van der Waals surface area (Å²) in [7, 11) is 0. The van der Waals surface area contributed by atoms with E-state index in [0.717, 1.165) is 29.1 Å². The Labute approximate surface area is 136 Å². The van der Waals surface area contributed by atoms with Gasteiger partial charge < -0.3 is 0 Å². The van der Waals surface area contributed by atoms with Gasteiger partial charge >= 0.3 is 136 Å². The topological polar surface area (TPSA) is 49.6 Å². The molecule has 1 N–H and O–H groups in total. The first-order valence-electron chi connectivity index (χ1n) is 7.67. The van der Waals surface area contributed by atoms with E-state index < -0.39 is 0 Å². The van der Waals surface area contributed by atoms with Crippen LogP contribution in [-0.4, -0.2) is 38.0 Å². The number of unbranched alkanes of at least 4 members (excludes halogenated alkanes) is 5. The SMILES string of the molecule is CCCCCCCCN=C([Se])NN=C(C)c1ccccn1. The molecule has 1 aromatic rings. The van der Waals surface area contributed by atoms with Crippen LogP contribution in [0.4, 0.5) is 0 Å². The summed E-state index contributed by atoms with van der Waals surface area (Å²) < 4.78 is 0.735. The van der Waals surface area contributed by atoms with Crippen molar-refractivity contribution in [3.05, 3.63) is 30.1 Å². The van der Waals surface area contributed by atoms with Crippen molar-refractivity contribution >= 4 is 26.5 Å². The van der Waals surface area contributed by atoms with E-state index in [1.165, 1.54) is 32.1 Å². The number of hydrogen-bond acceptors (Lipinski definition) is 3. The van der Waals surface area contributed by atoms with E-state index in [1.54, 1.807) is 6.20 Å². The molecule has 5 heteroatoms. The Balaban J connectivity index is 2.23. The molecule has 0 aromatic carbocycles. The zero-order chi connectivity index (χ0) is 15.3. The molecule has 0 saturated heterocycles. The quantitative estimate of drug-likeness (QED) is 0.244. The first-order chi connectivity index (χ1) is 10.2. The predicted molar refractivity (Wildman–Crippen MR) is 91.0 cm³/mol. The summed E-state index contributed by atoms with van der Waals surface area (Å²) in [6.45, 7) is 5.01. The molecule has 115 valence electrons. The zero-order valence-corrected chi connectivity index (χ0v) is 14.7. The van der Waals surface area contributed by atoms with Crippen LogP contribution in [0.1, 0.15) is 58.1 Å². The van der Waals surface area contributed by atoms with Crippen LogP contribution < -0.4 is 5.43 Å². The number of hydrogen-bond donors (Lipinski definition) is 1. The third-order valence-corrected chi connectivity index (χ3v) is 3.58. The molecule has 1 rings (SSSR count). The number of aromatic nitrogens is 1. The summed E-state index contributed by atoms with van der Waals surface area (Å²) >= 11 is 2.91. The van der Waals surface area contributed by atoms with Gasteiger partial charge in [-0.25, -0.2) is 0 Å². The number of pyridine rings is 1. The third-order valence-electron chi connectivity index (χ3n) is 3.12. The van der Waals surface area contributed by atoms with Gasteiger partial charge in [0.15, 0.2) is 0 Å². The standard InChI is InChI=1S/C16H25N4Se/c1-3-4-5-6-7-9-13-18-16(21)20-19-14(2)15-11-8-10-12-17-15/h8,10-12H,3-7,9,13H2,1-2H3,(H,18,20). The van der Waals surface area contributed by atoms with E-state index in [4.69, 9.17) is 0 Å². The summed E-state index contributed by atoms with van der Waals surface area (Å²) in [5.74, 6) is 0. The Morgan fingerprint density at radius 3 is 2.67 bits per heavy atom. The van der Waals surface area contributed by atoms with E-state index in [1.807, 2.05) is 25.1 Å². The van der Waals surface area contributed by atoms with Gasteiger partial charge in [-0.3, -0.25) is 0 Å². The molecule has 0 amide bonds. The molecule has 1 heterocycles. The normalized spacial score (nSPS) is 12.5. The average Bonchev–Trinajstić information content (AvgIpc) is 2.52. The second-order valence-corrected chi connectivity index (χ2v) is 5.79. The fourth-order valence-corrected chi connectivity index (χ4v) is 2.16. The van der Waals surface area contributed by atoms with E-state index >= 15 is 0 Å². The molecule has 0 aliphatic rings. The maximum atomic E-state index is 4.43. The number of hydrazone groups is 1. The van der Waals surface area contributed by atoms with Gasteiger partial charge in [-0.05, 0) is 0 Å². The maximum absolute atomic E-state index is 4.43. The van der Waals surface area contributed by atoms with Gasteiger partial charge in [0.05, 0.1) is 0 Å². The molecule has 0 bridgehead atoms. The number of rotatable bonds is 9. The van der Waals surface area contributed by atoms with Crippen molar-refractivity contribution in [2.24, 2.45) is 10.1 Å². The Morgan fingerprint density at radius 1 is 1.19 bits per heavy atom. The van der Waals surface area contributed by atoms with Crippen LogP contribution in [-0.2, 0) is 0 Å². The second-order valence-electron chi connectivity index (χ2n) is 4.98. The minimum absolute atomic E-state index is 0.735. The Bertz CT molecular complexity index is 443. The van der Waals surface area contributed by atoms with Gasteiger partial charge in [0.2, 0.25) is 0 Å². The number of nitrogens with zero attached hydrogens (tertiary/aromatic N) is 3. The van der Waals surface area contributed by atoms with Crippen molar-refractivity contribution in [3.63, 3.8) is 0 Å². The second kappa shape index (κ2) is 11.5. The fourth-order valence-electron chi connectivity index (χ4n) is 1.87.